The molecule has 1 aliphatic heterocycles. The number of allylic oxidation sites excluding steroid dienone is 1. The van der Waals surface area contributed by atoms with Crippen LogP contribution in [-0.4, -0.2) is 33.7 Å². The van der Waals surface area contributed by atoms with Crippen molar-refractivity contribution >= 4 is 12.0 Å². The number of carbonyl (C=O) groups excluding carboxylic acids is 1. The zero-order valence-corrected chi connectivity index (χ0v) is 19.7. The predicted octanol–water partition coefficient (Wildman–Crippen LogP) is 5.39. The Morgan fingerprint density at radius 3 is 2.57 bits per heavy atom. The fraction of sp³-hybridized carbons (Fsp3) is 0.464. The number of carbonyl (C=O) groups is 1. The molecule has 35 heavy (non-hydrogen) atoms. The van der Waals surface area contributed by atoms with E-state index in [1.807, 2.05) is 18.2 Å². The molecule has 1 N–H and O–H groups in total. The van der Waals surface area contributed by atoms with Gasteiger partial charge in [-0.3, -0.25) is 9.78 Å². The van der Waals surface area contributed by atoms with E-state index < -0.39 is 53.2 Å². The topological polar surface area (TPSA) is 83.2 Å². The van der Waals surface area contributed by atoms with Crippen LogP contribution < -0.4 is 0 Å². The summed E-state index contributed by atoms with van der Waals surface area (Å²) in [7, 11) is 0. The lowest BCUT2D eigenvalue weighted by Crippen LogP contribution is -2.66. The molecule has 2 aliphatic carbocycles. The molecule has 182 valence electrons. The van der Waals surface area contributed by atoms with Crippen molar-refractivity contribution in [3.05, 3.63) is 59.9 Å². The summed E-state index contributed by atoms with van der Waals surface area (Å²) < 4.78 is 36.3. The van der Waals surface area contributed by atoms with Crippen LogP contribution in [-0.2, 0) is 9.53 Å². The number of halogens is 2. The molecule has 0 spiro atoms. The van der Waals surface area contributed by atoms with E-state index >= 15 is 8.78 Å². The van der Waals surface area contributed by atoms with Gasteiger partial charge in [0.05, 0.1) is 22.9 Å². The number of rotatable bonds is 4. The van der Waals surface area contributed by atoms with Gasteiger partial charge in [-0.2, -0.15) is 5.26 Å². The molecule has 7 heteroatoms. The third-order valence-corrected chi connectivity index (χ3v) is 8.55. The van der Waals surface area contributed by atoms with Gasteiger partial charge in [-0.1, -0.05) is 37.3 Å². The highest BCUT2D eigenvalue weighted by atomic mass is 19.3. The Bertz CT molecular complexity index is 1220. The molecule has 3 aliphatic rings. The molecule has 3 fully saturated rings. The second kappa shape index (κ2) is 8.23. The smallest absolute Gasteiger partial charge is 0.315 e. The minimum absolute atomic E-state index is 0.333. The number of benzene rings is 1. The van der Waals surface area contributed by atoms with Crippen LogP contribution in [0.15, 0.2) is 48.7 Å². The third-order valence-electron chi connectivity index (χ3n) is 8.55. The molecule has 0 bridgehead atoms. The maximum atomic E-state index is 15.4. The van der Waals surface area contributed by atoms with Crippen molar-refractivity contribution in [2.24, 2.45) is 23.2 Å². The summed E-state index contributed by atoms with van der Waals surface area (Å²) in [6.07, 6.45) is 5.19. The second-order valence-corrected chi connectivity index (χ2v) is 10.3. The van der Waals surface area contributed by atoms with Gasteiger partial charge in [-0.15, -0.1) is 0 Å². The average Bonchev–Trinajstić information content (AvgIpc) is 3.07. The monoisotopic (exact) mass is 478 g/mol. The van der Waals surface area contributed by atoms with Gasteiger partial charge in [0, 0.05) is 35.6 Å². The van der Waals surface area contributed by atoms with Crippen molar-refractivity contribution in [3.8, 4) is 17.2 Å². The van der Waals surface area contributed by atoms with Crippen LogP contribution in [0.3, 0.4) is 0 Å². The van der Waals surface area contributed by atoms with Crippen LogP contribution in [0, 0.1) is 34.5 Å². The molecule has 5 rings (SSSR count). The van der Waals surface area contributed by atoms with Crippen molar-refractivity contribution in [3.63, 3.8) is 0 Å². The number of alkyl halides is 2. The minimum Gasteiger partial charge on any atom is -0.462 e. The first-order valence-electron chi connectivity index (χ1n) is 12.1. The van der Waals surface area contributed by atoms with Gasteiger partial charge in [0.1, 0.15) is 11.5 Å². The number of ether oxygens (including phenoxy) is 1. The summed E-state index contributed by atoms with van der Waals surface area (Å²) in [5, 5.41) is 20.6. The number of nitrogens with zero attached hydrogens (tertiary/aromatic N) is 2. The molecule has 5 nitrogen and oxygen atoms in total. The van der Waals surface area contributed by atoms with Crippen LogP contribution in [0.5, 0.6) is 0 Å². The quantitative estimate of drug-likeness (QED) is 0.596. The molecule has 1 saturated heterocycles. The first-order valence-corrected chi connectivity index (χ1v) is 12.1. The summed E-state index contributed by atoms with van der Waals surface area (Å²) in [5.74, 6) is -6.07. The first kappa shape index (κ1) is 23.6. The number of nitriles is 1. The molecular formula is C28H28F2N2O3. The SMILES string of the molecule is C[C@H]1OC(=O)[C@]2(C3(O)CCC3)CC(F)(F)[C@@H](C)[C@H](/C=C/c3ccc(-c4ccccc4C#N)cn3)[C@H]12. The number of esters is 1. The van der Waals surface area contributed by atoms with E-state index in [0.29, 0.717) is 30.5 Å². The molecular weight excluding hydrogens is 450 g/mol. The maximum absolute atomic E-state index is 15.4. The fourth-order valence-electron chi connectivity index (χ4n) is 6.46. The predicted molar refractivity (Wildman–Crippen MR) is 126 cm³/mol. The van der Waals surface area contributed by atoms with Crippen LogP contribution in [0.4, 0.5) is 8.78 Å². The second-order valence-electron chi connectivity index (χ2n) is 10.3. The Hall–Kier alpha value is -3.11. The Kier molecular flexibility index (Phi) is 5.56. The number of hydrogen-bond donors (Lipinski definition) is 1. The molecule has 0 radical (unpaired) electrons. The van der Waals surface area contributed by atoms with Crippen molar-refractivity contribution in [1.29, 1.82) is 5.26 Å². The van der Waals surface area contributed by atoms with Crippen LogP contribution in [0.25, 0.3) is 17.2 Å². The Morgan fingerprint density at radius 1 is 1.20 bits per heavy atom. The molecule has 2 heterocycles. The first-order chi connectivity index (χ1) is 16.6. The van der Waals surface area contributed by atoms with Crippen LogP contribution >= 0.6 is 0 Å². The molecule has 2 saturated carbocycles. The van der Waals surface area contributed by atoms with Crippen LogP contribution in [0.1, 0.15) is 50.8 Å². The molecule has 0 unspecified atom stereocenters. The van der Waals surface area contributed by atoms with Gasteiger partial charge in [0.2, 0.25) is 0 Å². The average molecular weight is 479 g/mol. The zero-order chi connectivity index (χ0) is 25.0. The Balaban J connectivity index is 1.48. The number of hydrogen-bond acceptors (Lipinski definition) is 5. The van der Waals surface area contributed by atoms with Gasteiger partial charge in [-0.05, 0) is 50.3 Å². The van der Waals surface area contributed by atoms with Gasteiger partial charge >= 0.3 is 5.97 Å². The molecule has 5 atom stereocenters. The lowest BCUT2D eigenvalue weighted by molar-refractivity contribution is -0.234. The molecule has 1 aromatic carbocycles. The summed E-state index contributed by atoms with van der Waals surface area (Å²) >= 11 is 0. The van der Waals surface area contributed by atoms with Crippen LogP contribution in [0.2, 0.25) is 0 Å². The molecule has 2 aromatic rings. The van der Waals surface area contributed by atoms with E-state index in [1.165, 1.54) is 6.92 Å². The third kappa shape index (κ3) is 3.49. The lowest BCUT2D eigenvalue weighted by Gasteiger charge is -2.57. The number of fused-ring (bicyclic) bond motifs is 1. The van der Waals surface area contributed by atoms with Crippen molar-refractivity contribution in [1.82, 2.24) is 4.98 Å². The van der Waals surface area contributed by atoms with Gasteiger partial charge in [0.15, 0.2) is 0 Å². The van der Waals surface area contributed by atoms with E-state index in [2.05, 4.69) is 11.1 Å². The van der Waals surface area contributed by atoms with E-state index in [9.17, 15) is 15.2 Å². The van der Waals surface area contributed by atoms with Gasteiger partial charge < -0.3 is 9.84 Å². The highest BCUT2D eigenvalue weighted by Gasteiger charge is 2.75. The normalized spacial score (nSPS) is 33.0. The van der Waals surface area contributed by atoms with Crippen molar-refractivity contribution < 1.29 is 23.4 Å². The molecule has 1 aromatic heterocycles. The Labute approximate surface area is 203 Å². The maximum Gasteiger partial charge on any atom is 0.315 e. The van der Waals surface area contributed by atoms with E-state index in [1.54, 1.807) is 43.5 Å². The van der Waals surface area contributed by atoms with E-state index in [4.69, 9.17) is 4.74 Å². The van der Waals surface area contributed by atoms with Crippen molar-refractivity contribution in [2.45, 2.75) is 57.2 Å². The number of pyridine rings is 1. The summed E-state index contributed by atoms with van der Waals surface area (Å²) in [5.41, 5.74) is -0.382. The Morgan fingerprint density at radius 2 is 1.94 bits per heavy atom. The number of aliphatic hydroxyl groups is 1. The molecule has 0 amide bonds. The van der Waals surface area contributed by atoms with Crippen molar-refractivity contribution in [2.75, 3.05) is 0 Å². The standard InChI is InChI=1S/C28H28F2N2O3/c1-17-22(11-10-21-9-8-20(15-32-21)23-7-4-3-6-19(23)14-31)24-18(2)35-25(33)27(24,16-28(17,29)30)26(34)12-5-13-26/h3-4,6-11,15,17-18,22,24,34H,5,12-13,16H2,1-2H3/b11-10+/t17-,18+,22-,24-,27-/m0/s1. The largest absolute Gasteiger partial charge is 0.462 e. The minimum atomic E-state index is -3.13. The number of aromatic nitrogens is 1. The fourth-order valence-corrected chi connectivity index (χ4v) is 6.46. The summed E-state index contributed by atoms with van der Waals surface area (Å²) in [4.78, 5) is 17.5. The highest BCUT2D eigenvalue weighted by molar-refractivity contribution is 5.82. The summed E-state index contributed by atoms with van der Waals surface area (Å²) in [6.45, 7) is 3.25. The van der Waals surface area contributed by atoms with Gasteiger partial charge in [0.25, 0.3) is 5.92 Å². The number of cyclic esters (lactones) is 1. The van der Waals surface area contributed by atoms with Gasteiger partial charge in [-0.25, -0.2) is 8.78 Å². The van der Waals surface area contributed by atoms with E-state index in [0.717, 1.165) is 11.1 Å². The summed E-state index contributed by atoms with van der Waals surface area (Å²) in [6, 6.07) is 13.0. The zero-order valence-electron chi connectivity index (χ0n) is 19.7. The highest BCUT2D eigenvalue weighted by Crippen LogP contribution is 2.66. The lowest BCUT2D eigenvalue weighted by atomic mass is 9.47. The van der Waals surface area contributed by atoms with E-state index in [-0.39, 0.29) is 0 Å².